The lowest BCUT2D eigenvalue weighted by Crippen LogP contribution is -2.26. The van der Waals surface area contributed by atoms with Crippen LogP contribution in [0, 0.1) is 0 Å². The first-order chi connectivity index (χ1) is 13.8. The number of carbonyl (C=O) groups is 1. The van der Waals surface area contributed by atoms with Crippen LogP contribution in [0.1, 0.15) is 27.7 Å². The molecule has 0 radical (unpaired) electrons. The molecule has 0 spiro atoms. The second-order valence-corrected chi connectivity index (χ2v) is 5.76. The number of amides is 1. The molecule has 0 aliphatic rings. The van der Waals surface area contributed by atoms with Crippen molar-refractivity contribution in [2.75, 3.05) is 27.3 Å². The molecule has 0 aromatic heterocycles. The normalized spacial score (nSPS) is 11.9. The summed E-state index contributed by atoms with van der Waals surface area (Å²) in [6.07, 6.45) is 11.8. The number of halogens is 1. The molecule has 0 heterocycles. The van der Waals surface area contributed by atoms with Crippen LogP contribution in [-0.2, 0) is 18.6 Å². The lowest BCUT2D eigenvalue weighted by Gasteiger charge is -2.06. The first-order valence-electron chi connectivity index (χ1n) is 8.54. The van der Waals surface area contributed by atoms with E-state index < -0.39 is 13.9 Å². The van der Waals surface area contributed by atoms with E-state index in [1.807, 2.05) is 20.8 Å². The second-order valence-electron chi connectivity index (χ2n) is 4.43. The maximum Gasteiger partial charge on any atom is 0.503 e. The lowest BCUT2D eigenvalue weighted by molar-refractivity contribution is -0.0475. The summed E-state index contributed by atoms with van der Waals surface area (Å²) in [4.78, 5) is 18.7. The minimum absolute atomic E-state index is 0.0966. The number of phosphoric acid groups is 1. The van der Waals surface area contributed by atoms with E-state index in [4.69, 9.17) is 4.89 Å². The van der Waals surface area contributed by atoms with Gasteiger partial charge in [0, 0.05) is 6.54 Å². The summed E-state index contributed by atoms with van der Waals surface area (Å²) in [6, 6.07) is 0. The molecular weight excluding hydrogens is 402 g/mol. The van der Waals surface area contributed by atoms with Gasteiger partial charge in [0.25, 0.3) is 0 Å². The number of carbonyl (C=O) groups excluding carboxylic acids is 1. The zero-order valence-corrected chi connectivity index (χ0v) is 19.1. The van der Waals surface area contributed by atoms with Gasteiger partial charge in [0.1, 0.15) is 0 Å². The first kappa shape index (κ1) is 34.5. The predicted octanol–water partition coefficient (Wildman–Crippen LogP) is 4.77. The summed E-state index contributed by atoms with van der Waals surface area (Å²) in [5.74, 6) is 0. The zero-order valence-electron chi connectivity index (χ0n) is 18.2. The minimum atomic E-state index is -4.60. The highest BCUT2D eigenvalue weighted by Crippen LogP contribution is 2.42. The molecule has 1 atom stereocenters. The molecule has 10 heteroatoms. The van der Waals surface area contributed by atoms with Gasteiger partial charge in [0.05, 0.1) is 13.7 Å². The van der Waals surface area contributed by atoms with Crippen LogP contribution in [0.5, 0.6) is 0 Å². The molecule has 0 aromatic rings. The van der Waals surface area contributed by atoms with Crippen LogP contribution in [0.2, 0.25) is 0 Å². The fourth-order valence-electron chi connectivity index (χ4n) is 1.43. The Morgan fingerprint density at radius 1 is 1.14 bits per heavy atom. The summed E-state index contributed by atoms with van der Waals surface area (Å²) in [5.41, 5.74) is 7.08. The number of phosphoric ester groups is 1. The van der Waals surface area contributed by atoms with Gasteiger partial charge in [-0.15, -0.1) is 13.2 Å². The van der Waals surface area contributed by atoms with E-state index in [-0.39, 0.29) is 13.2 Å². The molecule has 170 valence electrons. The van der Waals surface area contributed by atoms with Gasteiger partial charge in [-0.2, -0.15) is 0 Å². The lowest BCUT2D eigenvalue weighted by atomic mass is 10.1. The molecule has 8 nitrogen and oxygen atoms in total. The maximum absolute atomic E-state index is 11.2. The molecule has 1 unspecified atom stereocenters. The highest BCUT2D eigenvalue weighted by Gasteiger charge is 2.21. The largest absolute Gasteiger partial charge is 0.503 e. The Morgan fingerprint density at radius 2 is 1.59 bits per heavy atom. The average molecular weight is 438 g/mol. The number of ether oxygens (including phenoxy) is 1. The molecular formula is C19H36FN2O6P. The van der Waals surface area contributed by atoms with Gasteiger partial charge in [0.2, 0.25) is 0 Å². The van der Waals surface area contributed by atoms with Crippen LogP contribution >= 0.6 is 7.82 Å². The monoisotopic (exact) mass is 438 g/mol. The average Bonchev–Trinajstić information content (AvgIpc) is 2.74. The Kier molecular flexibility index (Phi) is 30.9. The molecule has 0 aliphatic carbocycles. The molecule has 0 fully saturated rings. The van der Waals surface area contributed by atoms with Crippen molar-refractivity contribution in [3.63, 3.8) is 0 Å². The smallest absolute Gasteiger partial charge is 0.453 e. The number of methoxy groups -OCH3 is 1. The molecule has 1 amide bonds. The summed E-state index contributed by atoms with van der Waals surface area (Å²) in [5, 5.41) is 2.13. The summed E-state index contributed by atoms with van der Waals surface area (Å²) in [6.45, 7) is 13.8. The molecule has 0 saturated heterocycles. The van der Waals surface area contributed by atoms with E-state index in [2.05, 4.69) is 81.6 Å². The number of nitrogens with one attached hydrogen (secondary N) is 1. The number of nitrogens with two attached hydrogens (primary N) is 1. The second kappa shape index (κ2) is 26.0. The van der Waals surface area contributed by atoms with Crippen molar-refractivity contribution in [1.29, 1.82) is 0 Å². The van der Waals surface area contributed by atoms with Gasteiger partial charge in [-0.3, -0.25) is 4.52 Å². The van der Waals surface area contributed by atoms with E-state index in [1.54, 1.807) is 0 Å². The molecule has 4 N–H and O–H groups in total. The summed E-state index contributed by atoms with van der Waals surface area (Å²) < 4.78 is 32.3. The van der Waals surface area contributed by atoms with Gasteiger partial charge >= 0.3 is 13.9 Å². The number of allylic oxidation sites excluding steroid dienone is 8. The summed E-state index contributed by atoms with van der Waals surface area (Å²) in [7, 11) is -1.95. The molecule has 0 aromatic carbocycles. The molecule has 0 saturated carbocycles. The van der Waals surface area contributed by atoms with E-state index in [0.717, 1.165) is 7.11 Å². The standard InChI is InChI=1S/C12H18.C4H9FNO6P.C2H4.CH5N/c1-5-8-11(4)12(9-6-2)10-7-3;1-10-4(7)6-2-3-11-13(8,9)12-5;2*1-2/h5-10H,1-4H3;2-3H2,1H3,(H,6,7)(H,8,9);1-2H2;2H2,1H3/b8-5-,9-6-,10-7-;;;. The maximum atomic E-state index is 11.2. The predicted molar refractivity (Wildman–Crippen MR) is 117 cm³/mol. The number of hydrogen-bond donors (Lipinski definition) is 3. The summed E-state index contributed by atoms with van der Waals surface area (Å²) >= 11 is 0. The van der Waals surface area contributed by atoms with Gasteiger partial charge in [-0.1, -0.05) is 41.2 Å². The minimum Gasteiger partial charge on any atom is -0.453 e. The third-order valence-electron chi connectivity index (χ3n) is 2.46. The van der Waals surface area contributed by atoms with Crippen LogP contribution in [0.4, 0.5) is 9.32 Å². The van der Waals surface area contributed by atoms with Crippen molar-refractivity contribution in [3.05, 3.63) is 60.8 Å². The van der Waals surface area contributed by atoms with E-state index in [1.165, 1.54) is 18.2 Å². The topological polar surface area (TPSA) is 120 Å². The molecule has 0 aliphatic heterocycles. The Hall–Kier alpha value is -2.03. The fourth-order valence-corrected chi connectivity index (χ4v) is 1.79. The molecule has 0 rings (SSSR count). The van der Waals surface area contributed by atoms with E-state index in [9.17, 15) is 13.9 Å². The van der Waals surface area contributed by atoms with Gasteiger partial charge in [-0.05, 0) is 50.4 Å². The van der Waals surface area contributed by atoms with Gasteiger partial charge in [0.15, 0.2) is 0 Å². The van der Waals surface area contributed by atoms with Gasteiger partial charge < -0.3 is 20.7 Å². The van der Waals surface area contributed by atoms with Crippen molar-refractivity contribution >= 4 is 13.9 Å². The van der Waals surface area contributed by atoms with Crippen molar-refractivity contribution in [2.45, 2.75) is 27.7 Å². The third-order valence-corrected chi connectivity index (χ3v) is 3.15. The fraction of sp³-hybridized carbons (Fsp3) is 0.421. The van der Waals surface area contributed by atoms with Gasteiger partial charge in [-0.25, -0.2) is 9.36 Å². The van der Waals surface area contributed by atoms with Crippen LogP contribution in [0.3, 0.4) is 0 Å². The Balaban J connectivity index is -0.000000184. The highest BCUT2D eigenvalue weighted by molar-refractivity contribution is 7.47. The number of hydrogen-bond acceptors (Lipinski definition) is 6. The van der Waals surface area contributed by atoms with E-state index in [0.29, 0.717) is 0 Å². The SMILES string of the molecule is C/C=C\C(C)=C(/C=C\C)/C=C\C.C=C.CN.COC(=O)NCCOP(=O)(O)OF. The molecule has 29 heavy (non-hydrogen) atoms. The quantitative estimate of drug-likeness (QED) is 0.216. The van der Waals surface area contributed by atoms with Crippen molar-refractivity contribution in [1.82, 2.24) is 5.32 Å². The zero-order chi connectivity index (χ0) is 23.7. The Labute approximate surface area is 174 Å². The van der Waals surface area contributed by atoms with Crippen LogP contribution < -0.4 is 11.1 Å². The van der Waals surface area contributed by atoms with E-state index >= 15 is 0 Å². The first-order valence-corrected chi connectivity index (χ1v) is 10.0. The van der Waals surface area contributed by atoms with Crippen LogP contribution in [-0.4, -0.2) is 38.3 Å². The number of rotatable bonds is 8. The van der Waals surface area contributed by atoms with Crippen molar-refractivity contribution < 1.29 is 32.8 Å². The Bertz CT molecular complexity index is 549. The van der Waals surface area contributed by atoms with Crippen LogP contribution in [0.25, 0.3) is 0 Å². The number of alkyl carbamates (subject to hydrolysis) is 1. The van der Waals surface area contributed by atoms with Crippen LogP contribution in [0.15, 0.2) is 60.8 Å². The van der Waals surface area contributed by atoms with Crippen molar-refractivity contribution in [3.8, 4) is 0 Å². The third kappa shape index (κ3) is 26.0. The van der Waals surface area contributed by atoms with Crippen molar-refractivity contribution in [2.24, 2.45) is 5.73 Å². The molecule has 0 bridgehead atoms. The Morgan fingerprint density at radius 3 is 1.93 bits per heavy atom. The highest BCUT2D eigenvalue weighted by atomic mass is 31.2.